The number of nitrogens with two attached hydrogens (primary N) is 1. The molecule has 1 rings (SSSR count). The minimum Gasteiger partial charge on any atom is -0.329 e. The van der Waals surface area contributed by atoms with Crippen molar-refractivity contribution in [1.82, 2.24) is 14.7 Å². The van der Waals surface area contributed by atoms with E-state index in [1.807, 2.05) is 6.20 Å². The Morgan fingerprint density at radius 1 is 1.40 bits per heavy atom. The summed E-state index contributed by atoms with van der Waals surface area (Å²) in [7, 11) is 0. The van der Waals surface area contributed by atoms with Crippen molar-refractivity contribution in [2.24, 2.45) is 5.73 Å². The molecule has 6 heteroatoms. The standard InChI is InChI=1S/C9H16F2N4/c10-9(11)8-14(5-2-12)6-7-15-4-1-3-13-15/h1,3-4,9H,2,5-8,12H2. The van der Waals surface area contributed by atoms with Crippen LogP contribution in [0.1, 0.15) is 0 Å². The number of halogens is 2. The van der Waals surface area contributed by atoms with Crippen molar-refractivity contribution in [2.75, 3.05) is 26.2 Å². The van der Waals surface area contributed by atoms with Crippen molar-refractivity contribution < 1.29 is 8.78 Å². The van der Waals surface area contributed by atoms with Gasteiger partial charge in [0.2, 0.25) is 0 Å². The summed E-state index contributed by atoms with van der Waals surface area (Å²) in [5, 5.41) is 4.00. The van der Waals surface area contributed by atoms with Crippen molar-refractivity contribution in [3.8, 4) is 0 Å². The zero-order valence-electron chi connectivity index (χ0n) is 8.52. The summed E-state index contributed by atoms with van der Waals surface area (Å²) in [5.74, 6) is 0. The maximum atomic E-state index is 12.2. The van der Waals surface area contributed by atoms with Gasteiger partial charge in [-0.05, 0) is 6.07 Å². The molecule has 0 spiro atoms. The molecule has 2 N–H and O–H groups in total. The Morgan fingerprint density at radius 3 is 2.73 bits per heavy atom. The Bertz CT molecular complexity index is 251. The number of nitrogens with zero attached hydrogens (tertiary/aromatic N) is 3. The molecule has 0 saturated carbocycles. The van der Waals surface area contributed by atoms with Gasteiger partial charge in [-0.25, -0.2) is 8.78 Å². The fraction of sp³-hybridized carbons (Fsp3) is 0.667. The minimum atomic E-state index is -2.31. The molecule has 0 fully saturated rings. The van der Waals surface area contributed by atoms with Crippen LogP contribution in [-0.2, 0) is 6.54 Å². The van der Waals surface area contributed by atoms with E-state index in [-0.39, 0.29) is 6.54 Å². The summed E-state index contributed by atoms with van der Waals surface area (Å²) in [6.45, 7) is 1.82. The second-order valence-corrected chi connectivity index (χ2v) is 3.25. The number of aromatic nitrogens is 2. The van der Waals surface area contributed by atoms with Gasteiger partial charge in [-0.3, -0.25) is 9.58 Å². The van der Waals surface area contributed by atoms with Gasteiger partial charge >= 0.3 is 0 Å². The normalized spacial score (nSPS) is 11.5. The molecule has 0 atom stereocenters. The van der Waals surface area contributed by atoms with E-state index in [1.165, 1.54) is 0 Å². The second-order valence-electron chi connectivity index (χ2n) is 3.25. The lowest BCUT2D eigenvalue weighted by atomic mass is 10.4. The first-order valence-corrected chi connectivity index (χ1v) is 4.90. The van der Waals surface area contributed by atoms with Crippen molar-refractivity contribution in [3.05, 3.63) is 18.5 Å². The van der Waals surface area contributed by atoms with Crippen LogP contribution >= 0.6 is 0 Å². The molecule has 0 bridgehead atoms. The highest BCUT2D eigenvalue weighted by molar-refractivity contribution is 4.78. The first-order chi connectivity index (χ1) is 7.22. The van der Waals surface area contributed by atoms with Gasteiger partial charge in [-0.2, -0.15) is 5.10 Å². The monoisotopic (exact) mass is 218 g/mol. The van der Waals surface area contributed by atoms with E-state index in [4.69, 9.17) is 5.73 Å². The van der Waals surface area contributed by atoms with Crippen LogP contribution in [0.15, 0.2) is 18.5 Å². The molecule has 1 aromatic rings. The first kappa shape index (κ1) is 12.1. The molecule has 0 radical (unpaired) electrons. The Morgan fingerprint density at radius 2 is 2.20 bits per heavy atom. The smallest absolute Gasteiger partial charge is 0.251 e. The number of alkyl halides is 2. The van der Waals surface area contributed by atoms with Crippen LogP contribution < -0.4 is 5.73 Å². The maximum Gasteiger partial charge on any atom is 0.251 e. The van der Waals surface area contributed by atoms with Gasteiger partial charge in [-0.15, -0.1) is 0 Å². The van der Waals surface area contributed by atoms with Gasteiger partial charge < -0.3 is 5.73 Å². The van der Waals surface area contributed by atoms with Crippen LogP contribution in [0, 0.1) is 0 Å². The Labute approximate surface area is 87.7 Å². The minimum absolute atomic E-state index is 0.224. The molecule has 0 aliphatic heterocycles. The summed E-state index contributed by atoms with van der Waals surface area (Å²) in [6, 6.07) is 1.81. The number of rotatable bonds is 7. The Hall–Kier alpha value is -1.01. The van der Waals surface area contributed by atoms with Gasteiger partial charge in [0.15, 0.2) is 0 Å². The summed E-state index contributed by atoms with van der Waals surface area (Å²) < 4.78 is 26.1. The van der Waals surface area contributed by atoms with Gasteiger partial charge in [0.1, 0.15) is 0 Å². The third-order valence-electron chi connectivity index (χ3n) is 2.05. The largest absolute Gasteiger partial charge is 0.329 e. The highest BCUT2D eigenvalue weighted by Gasteiger charge is 2.10. The molecule has 15 heavy (non-hydrogen) atoms. The van der Waals surface area contributed by atoms with E-state index < -0.39 is 6.43 Å². The van der Waals surface area contributed by atoms with E-state index in [9.17, 15) is 8.78 Å². The lowest BCUT2D eigenvalue weighted by Crippen LogP contribution is -2.36. The summed E-state index contributed by atoms with van der Waals surface area (Å²) in [5.41, 5.74) is 5.35. The summed E-state index contributed by atoms with van der Waals surface area (Å²) >= 11 is 0. The number of hydrogen-bond acceptors (Lipinski definition) is 3. The van der Waals surface area contributed by atoms with Gasteiger partial charge in [0.25, 0.3) is 6.43 Å². The lowest BCUT2D eigenvalue weighted by Gasteiger charge is -2.20. The first-order valence-electron chi connectivity index (χ1n) is 4.90. The summed E-state index contributed by atoms with van der Waals surface area (Å²) in [6.07, 6.45) is 1.16. The molecule has 0 aromatic carbocycles. The quantitative estimate of drug-likeness (QED) is 0.721. The van der Waals surface area contributed by atoms with Crippen LogP contribution in [0.4, 0.5) is 8.78 Å². The van der Waals surface area contributed by atoms with Crippen LogP contribution in [0.25, 0.3) is 0 Å². The zero-order valence-corrected chi connectivity index (χ0v) is 8.52. The van der Waals surface area contributed by atoms with Crippen molar-refractivity contribution in [3.63, 3.8) is 0 Å². The molecule has 86 valence electrons. The van der Waals surface area contributed by atoms with Gasteiger partial charge in [0, 0.05) is 32.0 Å². The molecule has 0 aliphatic rings. The lowest BCUT2D eigenvalue weighted by molar-refractivity contribution is 0.0873. The van der Waals surface area contributed by atoms with Crippen LogP contribution in [0.3, 0.4) is 0 Å². The fourth-order valence-electron chi connectivity index (χ4n) is 1.35. The molecule has 1 heterocycles. The average molecular weight is 218 g/mol. The molecule has 4 nitrogen and oxygen atoms in total. The third kappa shape index (κ3) is 4.85. The molecule has 0 amide bonds. The van der Waals surface area contributed by atoms with E-state index >= 15 is 0 Å². The van der Waals surface area contributed by atoms with Crippen LogP contribution in [0.5, 0.6) is 0 Å². The molecule has 0 aliphatic carbocycles. The Kier molecular flexibility index (Phi) is 5.20. The van der Waals surface area contributed by atoms with E-state index in [1.54, 1.807) is 21.8 Å². The van der Waals surface area contributed by atoms with Crippen LogP contribution in [0.2, 0.25) is 0 Å². The molecular formula is C9H16F2N4. The topological polar surface area (TPSA) is 47.1 Å². The fourth-order valence-corrected chi connectivity index (χ4v) is 1.35. The van der Waals surface area contributed by atoms with Crippen LogP contribution in [-0.4, -0.2) is 47.3 Å². The predicted molar refractivity (Wildman–Crippen MR) is 53.7 cm³/mol. The number of hydrogen-bond donors (Lipinski definition) is 1. The van der Waals surface area contributed by atoms with Gasteiger partial charge in [0.05, 0.1) is 13.1 Å². The maximum absolute atomic E-state index is 12.2. The summed E-state index contributed by atoms with van der Waals surface area (Å²) in [4.78, 5) is 1.65. The predicted octanol–water partition coefficient (Wildman–Crippen LogP) is 0.409. The molecule has 0 unspecified atom stereocenters. The highest BCUT2D eigenvalue weighted by atomic mass is 19.3. The van der Waals surface area contributed by atoms with Crippen molar-refractivity contribution in [2.45, 2.75) is 13.0 Å². The molecule has 0 saturated heterocycles. The molecular weight excluding hydrogens is 202 g/mol. The highest BCUT2D eigenvalue weighted by Crippen LogP contribution is 1.98. The van der Waals surface area contributed by atoms with E-state index in [2.05, 4.69) is 5.10 Å². The Balaban J connectivity index is 2.30. The van der Waals surface area contributed by atoms with Gasteiger partial charge in [-0.1, -0.05) is 0 Å². The molecule has 1 aromatic heterocycles. The second kappa shape index (κ2) is 6.47. The van der Waals surface area contributed by atoms with Crippen molar-refractivity contribution in [1.29, 1.82) is 0 Å². The third-order valence-corrected chi connectivity index (χ3v) is 2.05. The van der Waals surface area contributed by atoms with E-state index in [0.29, 0.717) is 26.2 Å². The van der Waals surface area contributed by atoms with Crippen molar-refractivity contribution >= 4 is 0 Å². The zero-order chi connectivity index (χ0) is 11.1. The average Bonchev–Trinajstić information content (AvgIpc) is 2.66. The SMILES string of the molecule is NCCN(CCn1cccn1)CC(F)F. The van der Waals surface area contributed by atoms with E-state index in [0.717, 1.165) is 0 Å².